The van der Waals surface area contributed by atoms with Crippen LogP contribution in [-0.4, -0.2) is 62.2 Å². The maximum atomic E-state index is 3.43. The topological polar surface area (TPSA) is 18.5 Å². The second kappa shape index (κ2) is 8.13. The van der Waals surface area contributed by atoms with E-state index in [9.17, 15) is 0 Å². The smallest absolute Gasteiger partial charge is 0.0110 e. The van der Waals surface area contributed by atoms with Crippen molar-refractivity contribution >= 4 is 0 Å². The molecule has 0 amide bonds. The lowest BCUT2D eigenvalue weighted by Crippen LogP contribution is -2.47. The molecule has 1 saturated heterocycles. The quantitative estimate of drug-likeness (QED) is 0.826. The zero-order valence-corrected chi connectivity index (χ0v) is 12.2. The number of nitrogens with one attached hydrogen (secondary N) is 1. The Morgan fingerprint density at radius 3 is 2.28 bits per heavy atom. The summed E-state index contributed by atoms with van der Waals surface area (Å²) in [6, 6.07) is 0.855. The van der Waals surface area contributed by atoms with E-state index in [-0.39, 0.29) is 0 Å². The second-order valence-corrected chi connectivity index (χ2v) is 6.07. The highest BCUT2D eigenvalue weighted by Gasteiger charge is 2.17. The second-order valence-electron chi connectivity index (χ2n) is 6.07. The summed E-state index contributed by atoms with van der Waals surface area (Å²) >= 11 is 0. The summed E-state index contributed by atoms with van der Waals surface area (Å²) in [5, 5.41) is 3.43. The van der Waals surface area contributed by atoms with Crippen LogP contribution in [-0.2, 0) is 0 Å². The fourth-order valence-electron chi connectivity index (χ4n) is 3.29. The Labute approximate surface area is 113 Å². The van der Waals surface area contributed by atoms with Crippen molar-refractivity contribution in [3.63, 3.8) is 0 Å². The Bertz CT molecular complexity index is 206. The van der Waals surface area contributed by atoms with Gasteiger partial charge in [-0.2, -0.15) is 0 Å². The minimum Gasteiger partial charge on any atom is -0.314 e. The summed E-state index contributed by atoms with van der Waals surface area (Å²) in [6.07, 6.45) is 10.1. The Morgan fingerprint density at radius 2 is 1.61 bits per heavy atom. The number of hydrogen-bond acceptors (Lipinski definition) is 3. The normalized spacial score (nSPS) is 25.0. The van der Waals surface area contributed by atoms with E-state index in [0.29, 0.717) is 0 Å². The number of hydrogen-bond donors (Lipinski definition) is 1. The van der Waals surface area contributed by atoms with Crippen LogP contribution in [0.3, 0.4) is 0 Å². The van der Waals surface area contributed by atoms with Gasteiger partial charge in [-0.25, -0.2) is 0 Å². The molecule has 0 spiro atoms. The van der Waals surface area contributed by atoms with Gasteiger partial charge in [-0.3, -0.25) is 4.90 Å². The van der Waals surface area contributed by atoms with E-state index in [2.05, 4.69) is 22.2 Å². The van der Waals surface area contributed by atoms with E-state index in [1.807, 2.05) is 0 Å². The number of likely N-dealkylation sites (N-methyl/N-ethyl adjacent to an activating group) is 1. The van der Waals surface area contributed by atoms with E-state index in [1.54, 1.807) is 0 Å². The molecule has 3 heteroatoms. The predicted octanol–water partition coefficient (Wildman–Crippen LogP) is 1.94. The van der Waals surface area contributed by atoms with Gasteiger partial charge in [0, 0.05) is 45.3 Å². The monoisotopic (exact) mass is 253 g/mol. The van der Waals surface area contributed by atoms with Crippen LogP contribution < -0.4 is 5.32 Å². The van der Waals surface area contributed by atoms with Crippen LogP contribution in [0.5, 0.6) is 0 Å². The van der Waals surface area contributed by atoms with Gasteiger partial charge in [-0.05, 0) is 19.9 Å². The molecule has 106 valence electrons. The van der Waals surface area contributed by atoms with Crippen LogP contribution in [0.1, 0.15) is 44.9 Å². The van der Waals surface area contributed by atoms with Gasteiger partial charge in [0.1, 0.15) is 0 Å². The van der Waals surface area contributed by atoms with Crippen molar-refractivity contribution < 1.29 is 0 Å². The molecule has 1 aliphatic carbocycles. The summed E-state index contributed by atoms with van der Waals surface area (Å²) in [4.78, 5) is 5.24. The fraction of sp³-hybridized carbons (Fsp3) is 1.00. The van der Waals surface area contributed by atoms with E-state index in [0.717, 1.165) is 6.04 Å². The Balaban J connectivity index is 1.66. The summed E-state index contributed by atoms with van der Waals surface area (Å²) in [5.74, 6) is 0. The first-order chi connectivity index (χ1) is 8.86. The highest BCUT2D eigenvalue weighted by Crippen LogP contribution is 2.20. The molecule has 0 aromatic heterocycles. The molecule has 0 aromatic carbocycles. The zero-order chi connectivity index (χ0) is 12.6. The van der Waals surface area contributed by atoms with E-state index >= 15 is 0 Å². The Morgan fingerprint density at radius 1 is 1.00 bits per heavy atom. The lowest BCUT2D eigenvalue weighted by Gasteiger charge is -2.33. The average Bonchev–Trinajstić information content (AvgIpc) is 2.37. The first kappa shape index (κ1) is 14.3. The Kier molecular flexibility index (Phi) is 6.46. The highest BCUT2D eigenvalue weighted by molar-refractivity contribution is 4.74. The molecule has 1 N–H and O–H groups in total. The van der Waals surface area contributed by atoms with Crippen LogP contribution >= 0.6 is 0 Å². The minimum atomic E-state index is 0.855. The molecule has 0 radical (unpaired) electrons. The van der Waals surface area contributed by atoms with Crippen molar-refractivity contribution in [2.45, 2.75) is 51.0 Å². The van der Waals surface area contributed by atoms with Crippen LogP contribution in [0.25, 0.3) is 0 Å². The predicted molar refractivity (Wildman–Crippen MR) is 78.0 cm³/mol. The fourth-order valence-corrected chi connectivity index (χ4v) is 3.29. The van der Waals surface area contributed by atoms with Gasteiger partial charge >= 0.3 is 0 Å². The molecule has 2 fully saturated rings. The third-order valence-electron chi connectivity index (χ3n) is 4.68. The van der Waals surface area contributed by atoms with E-state index in [4.69, 9.17) is 0 Å². The summed E-state index contributed by atoms with van der Waals surface area (Å²) in [7, 11) is 2.34. The summed E-state index contributed by atoms with van der Waals surface area (Å²) in [6.45, 7) is 7.33. The zero-order valence-electron chi connectivity index (χ0n) is 12.2. The highest BCUT2D eigenvalue weighted by atomic mass is 15.2. The van der Waals surface area contributed by atoms with Gasteiger partial charge in [0.15, 0.2) is 0 Å². The van der Waals surface area contributed by atoms with Gasteiger partial charge in [-0.15, -0.1) is 0 Å². The Hall–Kier alpha value is -0.120. The van der Waals surface area contributed by atoms with Crippen LogP contribution in [0.15, 0.2) is 0 Å². The number of nitrogens with zero attached hydrogens (tertiary/aromatic N) is 2. The van der Waals surface area contributed by atoms with Crippen molar-refractivity contribution in [3.8, 4) is 0 Å². The summed E-state index contributed by atoms with van der Waals surface area (Å²) in [5.41, 5.74) is 0. The minimum absolute atomic E-state index is 0.855. The molecule has 2 rings (SSSR count). The molecule has 18 heavy (non-hydrogen) atoms. The third kappa shape index (κ3) is 4.87. The molecule has 0 unspecified atom stereocenters. The molecule has 2 aliphatic rings. The van der Waals surface area contributed by atoms with Crippen molar-refractivity contribution in [3.05, 3.63) is 0 Å². The van der Waals surface area contributed by atoms with Gasteiger partial charge in [0.05, 0.1) is 0 Å². The first-order valence-electron chi connectivity index (χ1n) is 7.99. The molecule has 0 bridgehead atoms. The SMILES string of the molecule is CN(CCN1CCNCC1)C1CCCCCCC1. The standard InChI is InChI=1S/C15H31N3/c1-17(13-14-18-11-9-16-10-12-18)15-7-5-3-2-4-6-8-15/h15-16H,2-14H2,1H3. The number of rotatable bonds is 4. The van der Waals surface area contributed by atoms with Gasteiger partial charge in [0.2, 0.25) is 0 Å². The van der Waals surface area contributed by atoms with Gasteiger partial charge < -0.3 is 10.2 Å². The lowest BCUT2D eigenvalue weighted by molar-refractivity contribution is 0.159. The van der Waals surface area contributed by atoms with Crippen molar-refractivity contribution in [1.82, 2.24) is 15.1 Å². The average molecular weight is 253 g/mol. The largest absolute Gasteiger partial charge is 0.314 e. The molecular weight excluding hydrogens is 222 g/mol. The molecular formula is C15H31N3. The van der Waals surface area contributed by atoms with Crippen molar-refractivity contribution in [2.24, 2.45) is 0 Å². The van der Waals surface area contributed by atoms with E-state index in [1.165, 1.54) is 84.2 Å². The number of piperazine rings is 1. The molecule has 1 saturated carbocycles. The van der Waals surface area contributed by atoms with Crippen LogP contribution in [0.4, 0.5) is 0 Å². The molecule has 0 aromatic rings. The molecule has 0 atom stereocenters. The third-order valence-corrected chi connectivity index (χ3v) is 4.68. The van der Waals surface area contributed by atoms with Crippen LogP contribution in [0.2, 0.25) is 0 Å². The molecule has 1 heterocycles. The molecule has 3 nitrogen and oxygen atoms in total. The summed E-state index contributed by atoms with van der Waals surface area (Å²) < 4.78 is 0. The van der Waals surface area contributed by atoms with Crippen molar-refractivity contribution in [1.29, 1.82) is 0 Å². The first-order valence-corrected chi connectivity index (χ1v) is 7.99. The van der Waals surface area contributed by atoms with Gasteiger partial charge in [0.25, 0.3) is 0 Å². The lowest BCUT2D eigenvalue weighted by atomic mass is 9.96. The molecule has 1 aliphatic heterocycles. The maximum Gasteiger partial charge on any atom is 0.0110 e. The maximum absolute atomic E-state index is 3.43. The van der Waals surface area contributed by atoms with Crippen LogP contribution in [0, 0.1) is 0 Å². The van der Waals surface area contributed by atoms with Crippen molar-refractivity contribution in [2.75, 3.05) is 46.3 Å². The van der Waals surface area contributed by atoms with E-state index < -0.39 is 0 Å². The van der Waals surface area contributed by atoms with Gasteiger partial charge in [-0.1, -0.05) is 32.1 Å².